The van der Waals surface area contributed by atoms with Crippen molar-refractivity contribution in [2.45, 2.75) is 32.6 Å². The number of nitrogens with zero attached hydrogens (tertiary/aromatic N) is 4. The Hall–Kier alpha value is -3.66. The number of aryl methyl sites for hydroxylation is 1. The van der Waals surface area contributed by atoms with E-state index in [1.807, 2.05) is 12.1 Å². The van der Waals surface area contributed by atoms with E-state index in [9.17, 15) is 13.2 Å². The molecule has 35 heavy (non-hydrogen) atoms. The molecule has 1 fully saturated rings. The summed E-state index contributed by atoms with van der Waals surface area (Å²) in [7, 11) is 0. The van der Waals surface area contributed by atoms with Crippen LogP contribution in [0.5, 0.6) is 11.8 Å². The van der Waals surface area contributed by atoms with Crippen LogP contribution in [0, 0.1) is 5.92 Å². The van der Waals surface area contributed by atoms with E-state index in [1.54, 1.807) is 12.1 Å². The number of aromatic nitrogens is 4. The Morgan fingerprint density at radius 3 is 2.40 bits per heavy atom. The highest BCUT2D eigenvalue weighted by atomic mass is 19.4. The van der Waals surface area contributed by atoms with Gasteiger partial charge in [0.1, 0.15) is 5.75 Å². The van der Waals surface area contributed by atoms with E-state index >= 15 is 0 Å². The molecule has 1 N–H and O–H groups in total. The standard InChI is InChI=1S/C25H24F3N5O2/c1-2-33-22-10-17(9-18-14-34-15-18)5-8-21(22)32-23(33)29-11-16-3-6-20(7-4-16)35-24-30-12-19(13-31-24)25(26,27)28/h3-8,10,12-13,18H,2,9,11,14-15H2,1H3,(H,29,32). The van der Waals surface area contributed by atoms with Crippen molar-refractivity contribution in [3.8, 4) is 11.8 Å². The van der Waals surface area contributed by atoms with E-state index in [0.717, 1.165) is 48.7 Å². The van der Waals surface area contributed by atoms with Crippen molar-refractivity contribution in [3.05, 3.63) is 71.5 Å². The molecule has 1 saturated heterocycles. The highest BCUT2D eigenvalue weighted by molar-refractivity contribution is 5.79. The number of rotatable bonds is 8. The van der Waals surface area contributed by atoms with Crippen LogP contribution < -0.4 is 10.1 Å². The van der Waals surface area contributed by atoms with Gasteiger partial charge in [-0.25, -0.2) is 15.0 Å². The van der Waals surface area contributed by atoms with E-state index in [2.05, 4.69) is 45.0 Å². The fourth-order valence-electron chi connectivity index (χ4n) is 3.96. The topological polar surface area (TPSA) is 74.1 Å². The highest BCUT2D eigenvalue weighted by Gasteiger charge is 2.31. The zero-order chi connectivity index (χ0) is 24.4. The van der Waals surface area contributed by atoms with Gasteiger partial charge < -0.3 is 19.4 Å². The van der Waals surface area contributed by atoms with Gasteiger partial charge in [0.25, 0.3) is 0 Å². The molecular weight excluding hydrogens is 459 g/mol. The molecular formula is C25H24F3N5O2. The molecule has 0 aliphatic carbocycles. The summed E-state index contributed by atoms with van der Waals surface area (Å²) in [5.41, 5.74) is 3.41. The number of hydrogen-bond acceptors (Lipinski definition) is 6. The summed E-state index contributed by atoms with van der Waals surface area (Å²) in [6.07, 6.45) is -2.07. The number of imidazole rings is 1. The summed E-state index contributed by atoms with van der Waals surface area (Å²) in [5.74, 6) is 1.82. The van der Waals surface area contributed by atoms with Crippen LogP contribution in [0.4, 0.5) is 19.1 Å². The summed E-state index contributed by atoms with van der Waals surface area (Å²) >= 11 is 0. The fraction of sp³-hybridized carbons (Fsp3) is 0.320. The SMILES string of the molecule is CCn1c(NCc2ccc(Oc3ncc(C(F)(F)F)cn3)cc2)nc2ccc(CC3COC3)cc21. The average molecular weight is 483 g/mol. The Labute approximate surface area is 199 Å². The molecule has 0 radical (unpaired) electrons. The predicted octanol–water partition coefficient (Wildman–Crippen LogP) is 5.46. The third kappa shape index (κ3) is 5.22. The first kappa shape index (κ1) is 23.1. The van der Waals surface area contributed by atoms with Crippen molar-refractivity contribution in [1.29, 1.82) is 0 Å². The molecule has 2 aromatic heterocycles. The number of halogens is 3. The molecule has 0 bridgehead atoms. The molecule has 5 rings (SSSR count). The summed E-state index contributed by atoms with van der Waals surface area (Å²) < 4.78 is 50.8. The van der Waals surface area contributed by atoms with Crippen LogP contribution in [-0.2, 0) is 30.4 Å². The number of fused-ring (bicyclic) bond motifs is 1. The van der Waals surface area contributed by atoms with E-state index in [4.69, 9.17) is 14.5 Å². The smallest absolute Gasteiger partial charge is 0.419 e. The maximum atomic E-state index is 12.6. The summed E-state index contributed by atoms with van der Waals surface area (Å²) in [6, 6.07) is 13.4. The first-order chi connectivity index (χ1) is 16.9. The largest absolute Gasteiger partial charge is 0.424 e. The fourth-order valence-corrected chi connectivity index (χ4v) is 3.96. The van der Waals surface area contributed by atoms with Crippen molar-refractivity contribution >= 4 is 17.0 Å². The van der Waals surface area contributed by atoms with Crippen LogP contribution in [0.2, 0.25) is 0 Å². The number of ether oxygens (including phenoxy) is 2. The Balaban J connectivity index is 1.23. The normalized spacial score (nSPS) is 14.2. The lowest BCUT2D eigenvalue weighted by atomic mass is 9.98. The minimum atomic E-state index is -4.49. The number of hydrogen-bond donors (Lipinski definition) is 1. The van der Waals surface area contributed by atoms with Gasteiger partial charge in [0.15, 0.2) is 0 Å². The second-order valence-electron chi connectivity index (χ2n) is 8.46. The molecule has 4 aromatic rings. The van der Waals surface area contributed by atoms with Gasteiger partial charge >= 0.3 is 12.2 Å². The van der Waals surface area contributed by atoms with Crippen molar-refractivity contribution in [1.82, 2.24) is 19.5 Å². The molecule has 1 aliphatic rings. The molecule has 182 valence electrons. The van der Waals surface area contributed by atoms with Crippen molar-refractivity contribution < 1.29 is 22.6 Å². The number of nitrogens with one attached hydrogen (secondary N) is 1. The van der Waals surface area contributed by atoms with Crippen LogP contribution >= 0.6 is 0 Å². The maximum absolute atomic E-state index is 12.6. The predicted molar refractivity (Wildman–Crippen MR) is 124 cm³/mol. The van der Waals surface area contributed by atoms with Gasteiger partial charge in [0.2, 0.25) is 5.95 Å². The second kappa shape index (κ2) is 9.53. The number of alkyl halides is 3. The molecule has 2 aromatic carbocycles. The van der Waals surface area contributed by atoms with E-state index in [1.165, 1.54) is 5.56 Å². The van der Waals surface area contributed by atoms with Crippen LogP contribution in [0.3, 0.4) is 0 Å². The second-order valence-corrected chi connectivity index (χ2v) is 8.46. The van der Waals surface area contributed by atoms with Crippen LogP contribution in [0.25, 0.3) is 11.0 Å². The Morgan fingerprint density at radius 1 is 1.06 bits per heavy atom. The van der Waals surface area contributed by atoms with Gasteiger partial charge in [-0.2, -0.15) is 13.2 Å². The zero-order valence-corrected chi connectivity index (χ0v) is 19.0. The lowest BCUT2D eigenvalue weighted by Gasteiger charge is -2.25. The number of benzene rings is 2. The Kier molecular flexibility index (Phi) is 6.29. The molecule has 10 heteroatoms. The lowest BCUT2D eigenvalue weighted by Crippen LogP contribution is -2.29. The van der Waals surface area contributed by atoms with E-state index < -0.39 is 11.7 Å². The van der Waals surface area contributed by atoms with Gasteiger partial charge in [-0.1, -0.05) is 18.2 Å². The minimum absolute atomic E-state index is 0.148. The quantitative estimate of drug-likeness (QED) is 0.359. The van der Waals surface area contributed by atoms with Gasteiger partial charge in [-0.3, -0.25) is 0 Å². The van der Waals surface area contributed by atoms with Crippen molar-refractivity contribution in [2.24, 2.45) is 5.92 Å². The summed E-state index contributed by atoms with van der Waals surface area (Å²) in [4.78, 5) is 12.0. The summed E-state index contributed by atoms with van der Waals surface area (Å²) in [6.45, 7) is 5.09. The lowest BCUT2D eigenvalue weighted by molar-refractivity contribution is -0.138. The minimum Gasteiger partial charge on any atom is -0.424 e. The molecule has 7 nitrogen and oxygen atoms in total. The third-order valence-electron chi connectivity index (χ3n) is 5.90. The third-order valence-corrected chi connectivity index (χ3v) is 5.90. The Morgan fingerprint density at radius 2 is 1.77 bits per heavy atom. The van der Waals surface area contributed by atoms with Crippen molar-refractivity contribution in [3.63, 3.8) is 0 Å². The van der Waals surface area contributed by atoms with E-state index in [0.29, 0.717) is 30.6 Å². The van der Waals surface area contributed by atoms with Gasteiger partial charge in [-0.05, 0) is 48.7 Å². The molecule has 0 amide bonds. The molecule has 0 unspecified atom stereocenters. The van der Waals surface area contributed by atoms with Crippen LogP contribution in [0.1, 0.15) is 23.6 Å². The highest BCUT2D eigenvalue weighted by Crippen LogP contribution is 2.29. The van der Waals surface area contributed by atoms with Crippen LogP contribution in [0.15, 0.2) is 54.9 Å². The Bertz CT molecular complexity index is 1300. The van der Waals surface area contributed by atoms with Gasteiger partial charge in [0, 0.05) is 31.4 Å². The first-order valence-electron chi connectivity index (χ1n) is 11.4. The van der Waals surface area contributed by atoms with E-state index in [-0.39, 0.29) is 6.01 Å². The van der Waals surface area contributed by atoms with Crippen molar-refractivity contribution in [2.75, 3.05) is 18.5 Å². The first-order valence-corrected chi connectivity index (χ1v) is 11.4. The number of anilines is 1. The molecule has 0 spiro atoms. The zero-order valence-electron chi connectivity index (χ0n) is 19.0. The van der Waals surface area contributed by atoms with Crippen LogP contribution in [-0.4, -0.2) is 32.7 Å². The molecule has 0 atom stereocenters. The molecule has 3 heterocycles. The average Bonchev–Trinajstić information content (AvgIpc) is 3.17. The monoisotopic (exact) mass is 483 g/mol. The van der Waals surface area contributed by atoms with Gasteiger partial charge in [-0.15, -0.1) is 0 Å². The maximum Gasteiger partial charge on any atom is 0.419 e. The molecule has 0 saturated carbocycles. The molecule has 1 aliphatic heterocycles. The summed E-state index contributed by atoms with van der Waals surface area (Å²) in [5, 5.41) is 3.40. The van der Waals surface area contributed by atoms with Gasteiger partial charge in [0.05, 0.1) is 29.8 Å².